The van der Waals surface area contributed by atoms with Gasteiger partial charge in [0.2, 0.25) is 6.04 Å². The smallest absolute Gasteiger partial charge is 0.417 e. The Kier molecular flexibility index (Phi) is 7.64. The van der Waals surface area contributed by atoms with Crippen molar-refractivity contribution in [2.24, 2.45) is 0 Å². The molecule has 0 saturated carbocycles. The first-order chi connectivity index (χ1) is 8.32. The van der Waals surface area contributed by atoms with E-state index in [1.165, 1.54) is 6.92 Å². The van der Waals surface area contributed by atoms with Crippen molar-refractivity contribution in [2.75, 3.05) is 0 Å². The molecule has 0 atom stereocenters. The van der Waals surface area contributed by atoms with E-state index in [0.717, 1.165) is 6.26 Å². The largest absolute Gasteiger partial charge is 0.465 e. The van der Waals surface area contributed by atoms with E-state index in [1.807, 2.05) is 0 Å². The molecule has 0 unspecified atom stereocenters. The van der Waals surface area contributed by atoms with Crippen LogP contribution in [0.2, 0.25) is 0 Å². The van der Waals surface area contributed by atoms with Gasteiger partial charge in [0.05, 0.1) is 6.26 Å². The molecular formula is C8H9F6NO4. The second kappa shape index (κ2) is 7.48. The second-order valence-corrected chi connectivity index (χ2v) is 2.74. The predicted octanol–water partition coefficient (Wildman–Crippen LogP) is 2.44. The van der Waals surface area contributed by atoms with Gasteiger partial charge in [-0.05, 0) is 0 Å². The zero-order valence-corrected chi connectivity index (χ0v) is 9.30. The number of nitrogens with one attached hydrogen (secondary N) is 1. The molecule has 0 aromatic heterocycles. The fourth-order valence-corrected chi connectivity index (χ4v) is 0.590. The molecule has 0 aliphatic heterocycles. The third kappa shape index (κ3) is 10.9. The van der Waals surface area contributed by atoms with Crippen LogP contribution in [0.1, 0.15) is 6.92 Å². The average Bonchev–Trinajstić information content (AvgIpc) is 2.11. The quantitative estimate of drug-likeness (QED) is 0.466. The molecule has 5 nitrogen and oxygen atoms in total. The van der Waals surface area contributed by atoms with Crippen molar-refractivity contribution in [1.29, 1.82) is 0 Å². The van der Waals surface area contributed by atoms with Gasteiger partial charge in [0.15, 0.2) is 0 Å². The molecule has 0 aliphatic rings. The molecular weight excluding hydrogens is 288 g/mol. The SMILES string of the molecule is C=COC(C)=O.O=C(O)NC(C(F)(F)F)C(F)(F)F. The van der Waals surface area contributed by atoms with E-state index < -0.39 is 24.5 Å². The summed E-state index contributed by atoms with van der Waals surface area (Å²) in [6.45, 7) is 4.48. The molecule has 11 heteroatoms. The lowest BCUT2D eigenvalue weighted by Gasteiger charge is -2.22. The molecule has 0 spiro atoms. The Labute approximate surface area is 102 Å². The highest BCUT2D eigenvalue weighted by Gasteiger charge is 2.57. The Morgan fingerprint density at radius 3 is 1.63 bits per heavy atom. The number of esters is 1. The van der Waals surface area contributed by atoms with Crippen LogP contribution in [0.15, 0.2) is 12.8 Å². The van der Waals surface area contributed by atoms with E-state index in [0.29, 0.717) is 5.32 Å². The van der Waals surface area contributed by atoms with E-state index in [-0.39, 0.29) is 5.97 Å². The van der Waals surface area contributed by atoms with Gasteiger partial charge in [0.1, 0.15) is 0 Å². The van der Waals surface area contributed by atoms with Crippen LogP contribution in [0.4, 0.5) is 31.1 Å². The molecule has 0 aromatic rings. The van der Waals surface area contributed by atoms with Gasteiger partial charge in [-0.1, -0.05) is 6.58 Å². The Morgan fingerprint density at radius 1 is 1.21 bits per heavy atom. The number of carbonyl (C=O) groups is 2. The van der Waals surface area contributed by atoms with Gasteiger partial charge in [-0.15, -0.1) is 0 Å². The summed E-state index contributed by atoms with van der Waals surface area (Å²) in [4.78, 5) is 19.3. The van der Waals surface area contributed by atoms with Crippen molar-refractivity contribution in [3.05, 3.63) is 12.8 Å². The highest BCUT2D eigenvalue weighted by molar-refractivity contribution is 5.66. The van der Waals surface area contributed by atoms with Crippen molar-refractivity contribution in [2.45, 2.75) is 25.3 Å². The molecule has 0 rings (SSSR count). The maximum Gasteiger partial charge on any atom is 0.417 e. The first-order valence-corrected chi connectivity index (χ1v) is 4.23. The molecule has 0 fully saturated rings. The first-order valence-electron chi connectivity index (χ1n) is 4.23. The van der Waals surface area contributed by atoms with Crippen molar-refractivity contribution in [3.63, 3.8) is 0 Å². The van der Waals surface area contributed by atoms with Crippen LogP contribution in [-0.4, -0.2) is 35.6 Å². The number of carboxylic acid groups (broad SMARTS) is 1. The predicted molar refractivity (Wildman–Crippen MR) is 49.0 cm³/mol. The zero-order chi connectivity index (χ0) is 15.9. The van der Waals surface area contributed by atoms with Crippen LogP contribution in [0, 0.1) is 0 Å². The van der Waals surface area contributed by atoms with Crippen LogP contribution in [0.5, 0.6) is 0 Å². The summed E-state index contributed by atoms with van der Waals surface area (Å²) in [5.41, 5.74) is 0. The van der Waals surface area contributed by atoms with Crippen molar-refractivity contribution in [3.8, 4) is 0 Å². The molecule has 0 bridgehead atoms. The van der Waals surface area contributed by atoms with Gasteiger partial charge in [-0.2, -0.15) is 26.3 Å². The number of rotatable bonds is 2. The maximum absolute atomic E-state index is 11.5. The number of alkyl halides is 6. The zero-order valence-electron chi connectivity index (χ0n) is 9.30. The van der Waals surface area contributed by atoms with Crippen LogP contribution in [-0.2, 0) is 9.53 Å². The van der Waals surface area contributed by atoms with Crippen LogP contribution < -0.4 is 5.32 Å². The number of carbonyl (C=O) groups excluding carboxylic acids is 1. The number of halogens is 6. The first kappa shape index (κ1) is 19.4. The fourth-order valence-electron chi connectivity index (χ4n) is 0.590. The lowest BCUT2D eigenvalue weighted by atomic mass is 10.3. The Bertz CT molecular complexity index is 310. The number of hydrogen-bond acceptors (Lipinski definition) is 3. The highest BCUT2D eigenvalue weighted by atomic mass is 19.4. The molecule has 0 heterocycles. The monoisotopic (exact) mass is 297 g/mol. The van der Waals surface area contributed by atoms with Gasteiger partial charge in [0.25, 0.3) is 0 Å². The Morgan fingerprint density at radius 2 is 1.58 bits per heavy atom. The Balaban J connectivity index is 0. The minimum atomic E-state index is -5.68. The molecule has 0 radical (unpaired) electrons. The fraction of sp³-hybridized carbons (Fsp3) is 0.500. The summed E-state index contributed by atoms with van der Waals surface area (Å²) < 4.78 is 73.3. The minimum absolute atomic E-state index is 0.326. The lowest BCUT2D eigenvalue weighted by molar-refractivity contribution is -0.256. The molecule has 0 aliphatic carbocycles. The third-order valence-electron chi connectivity index (χ3n) is 1.17. The molecule has 2 N–H and O–H groups in total. The van der Waals surface area contributed by atoms with Crippen molar-refractivity contribution >= 4 is 12.1 Å². The maximum atomic E-state index is 11.5. The summed E-state index contributed by atoms with van der Waals surface area (Å²) in [6.07, 6.45) is -12.7. The summed E-state index contributed by atoms with van der Waals surface area (Å²) in [5.74, 6) is -0.329. The molecule has 0 saturated heterocycles. The van der Waals surface area contributed by atoms with E-state index >= 15 is 0 Å². The van der Waals surface area contributed by atoms with Crippen LogP contribution in [0.25, 0.3) is 0 Å². The van der Waals surface area contributed by atoms with Crippen molar-refractivity contribution < 1.29 is 45.8 Å². The standard InChI is InChI=1S/C4H3F6NO2.C4H6O2/c5-3(6,7)1(4(8,9)10)11-2(12)13;1-3-6-4(2)5/h1,11H,(H,12,13);3H,1H2,2H3. The summed E-state index contributed by atoms with van der Waals surface area (Å²) >= 11 is 0. The number of ether oxygens (including phenoxy) is 1. The van der Waals surface area contributed by atoms with E-state index in [4.69, 9.17) is 5.11 Å². The molecule has 1 amide bonds. The average molecular weight is 297 g/mol. The van der Waals surface area contributed by atoms with Gasteiger partial charge in [-0.3, -0.25) is 4.79 Å². The van der Waals surface area contributed by atoms with E-state index in [9.17, 15) is 35.9 Å². The normalized spacial score (nSPS) is 11.2. The Hall–Kier alpha value is -1.94. The van der Waals surface area contributed by atoms with E-state index in [2.05, 4.69) is 11.3 Å². The number of amides is 1. The highest BCUT2D eigenvalue weighted by Crippen LogP contribution is 2.32. The second-order valence-electron chi connectivity index (χ2n) is 2.74. The van der Waals surface area contributed by atoms with Gasteiger partial charge in [-0.25, -0.2) is 4.79 Å². The lowest BCUT2D eigenvalue weighted by Crippen LogP contribution is -2.54. The third-order valence-corrected chi connectivity index (χ3v) is 1.17. The number of hydrogen-bond donors (Lipinski definition) is 2. The van der Waals surface area contributed by atoms with Crippen LogP contribution >= 0.6 is 0 Å². The molecule has 112 valence electrons. The van der Waals surface area contributed by atoms with Gasteiger partial charge >= 0.3 is 24.4 Å². The molecule has 19 heavy (non-hydrogen) atoms. The summed E-state index contributed by atoms with van der Waals surface area (Å²) in [7, 11) is 0. The topological polar surface area (TPSA) is 75.6 Å². The summed E-state index contributed by atoms with van der Waals surface area (Å²) in [5, 5.41) is 8.03. The van der Waals surface area contributed by atoms with Crippen LogP contribution in [0.3, 0.4) is 0 Å². The minimum Gasteiger partial charge on any atom is -0.465 e. The van der Waals surface area contributed by atoms with Crippen molar-refractivity contribution in [1.82, 2.24) is 5.32 Å². The molecule has 0 aromatic carbocycles. The summed E-state index contributed by atoms with van der Waals surface area (Å²) in [6, 6.07) is -4.04. The van der Waals surface area contributed by atoms with Gasteiger partial charge < -0.3 is 15.2 Å². The van der Waals surface area contributed by atoms with E-state index in [1.54, 1.807) is 0 Å². The van der Waals surface area contributed by atoms with Gasteiger partial charge in [0, 0.05) is 6.92 Å².